The number of hydrogen-bond donors (Lipinski definition) is 1. The van der Waals surface area contributed by atoms with Gasteiger partial charge in [-0.3, -0.25) is 9.55 Å². The molecule has 0 unspecified atom stereocenters. The summed E-state index contributed by atoms with van der Waals surface area (Å²) in [6.45, 7) is 9.27. The van der Waals surface area contributed by atoms with Crippen LogP contribution in [0.1, 0.15) is 31.4 Å². The van der Waals surface area contributed by atoms with Crippen LogP contribution in [0.25, 0.3) is 0 Å². The number of aromatic nitrogens is 1. The Morgan fingerprint density at radius 3 is 2.90 bits per heavy atom. The highest BCUT2D eigenvalue weighted by Gasteiger charge is 2.16. The van der Waals surface area contributed by atoms with Gasteiger partial charge in [-0.15, -0.1) is 0 Å². The second-order valence-corrected chi connectivity index (χ2v) is 8.09. The number of aryl methyl sites for hydroxylation is 1. The molecule has 1 rings (SSSR count). The molecule has 1 N–H and O–H groups in total. The molecule has 0 radical (unpaired) electrons. The van der Waals surface area contributed by atoms with Gasteiger partial charge in [0, 0.05) is 31.3 Å². The van der Waals surface area contributed by atoms with Crippen LogP contribution in [-0.4, -0.2) is 37.0 Å². The first-order chi connectivity index (χ1) is 9.44. The maximum absolute atomic E-state index is 12.0. The molecule has 0 aliphatic heterocycles. The molecule has 1 aromatic heterocycles. The van der Waals surface area contributed by atoms with Gasteiger partial charge in [0.05, 0.1) is 6.61 Å². The molecule has 0 saturated carbocycles. The van der Waals surface area contributed by atoms with Crippen molar-refractivity contribution in [2.24, 2.45) is 0 Å². The molecule has 4 nitrogen and oxygen atoms in total. The van der Waals surface area contributed by atoms with Gasteiger partial charge < -0.3 is 9.84 Å². The fourth-order valence-corrected chi connectivity index (χ4v) is 3.64. The van der Waals surface area contributed by atoms with Crippen LogP contribution in [0.15, 0.2) is 18.5 Å². The summed E-state index contributed by atoms with van der Waals surface area (Å²) < 4.78 is 17.3. The van der Waals surface area contributed by atoms with E-state index in [2.05, 4.69) is 30.2 Å². The van der Waals surface area contributed by atoms with Crippen LogP contribution < -0.4 is 5.32 Å². The summed E-state index contributed by atoms with van der Waals surface area (Å²) >= 11 is 0. The van der Waals surface area contributed by atoms with E-state index in [4.69, 9.17) is 4.52 Å². The topological polar surface area (TPSA) is 51.2 Å². The molecule has 0 amide bonds. The van der Waals surface area contributed by atoms with Gasteiger partial charge in [0.15, 0.2) is 7.37 Å². The molecule has 1 aromatic rings. The number of nitrogens with one attached hydrogen (secondary N) is 1. The zero-order chi connectivity index (χ0) is 15.0. The Kier molecular flexibility index (Phi) is 7.42. The molecular weight excluding hydrogens is 271 g/mol. The minimum Gasteiger partial charge on any atom is -0.329 e. The smallest absolute Gasteiger partial charge is 0.200 e. The SMILES string of the molecule is CCO[P@@](C)(=O)CC[C@@H](C)NCCc1ccncc1C. The fourth-order valence-electron chi connectivity index (χ4n) is 2.10. The summed E-state index contributed by atoms with van der Waals surface area (Å²) in [7, 11) is -2.39. The zero-order valence-electron chi connectivity index (χ0n) is 13.1. The molecule has 0 bridgehead atoms. The summed E-state index contributed by atoms with van der Waals surface area (Å²) in [5.41, 5.74) is 2.56. The average Bonchev–Trinajstić information content (AvgIpc) is 2.39. The molecule has 0 aromatic carbocycles. The molecule has 0 spiro atoms. The van der Waals surface area contributed by atoms with Crippen LogP contribution in [0.5, 0.6) is 0 Å². The van der Waals surface area contributed by atoms with Crippen LogP contribution in [-0.2, 0) is 15.5 Å². The van der Waals surface area contributed by atoms with Crippen LogP contribution in [0, 0.1) is 6.92 Å². The molecule has 0 saturated heterocycles. The van der Waals surface area contributed by atoms with Crippen molar-refractivity contribution in [1.82, 2.24) is 10.3 Å². The van der Waals surface area contributed by atoms with Gasteiger partial charge in [-0.05, 0) is 57.4 Å². The number of rotatable bonds is 9. The highest BCUT2D eigenvalue weighted by molar-refractivity contribution is 7.58. The van der Waals surface area contributed by atoms with Crippen LogP contribution in [0.3, 0.4) is 0 Å². The zero-order valence-corrected chi connectivity index (χ0v) is 14.0. The van der Waals surface area contributed by atoms with Crippen LogP contribution in [0.2, 0.25) is 0 Å². The quantitative estimate of drug-likeness (QED) is 0.711. The molecular formula is C15H27N2O2P. The van der Waals surface area contributed by atoms with E-state index >= 15 is 0 Å². The van der Waals surface area contributed by atoms with Crippen molar-refractivity contribution in [2.45, 2.75) is 39.7 Å². The van der Waals surface area contributed by atoms with Gasteiger partial charge in [-0.25, -0.2) is 0 Å². The van der Waals surface area contributed by atoms with Crippen molar-refractivity contribution in [3.05, 3.63) is 29.6 Å². The lowest BCUT2D eigenvalue weighted by atomic mass is 10.1. The Balaban J connectivity index is 2.25. The molecule has 0 aliphatic carbocycles. The van der Waals surface area contributed by atoms with Crippen molar-refractivity contribution in [3.63, 3.8) is 0 Å². The summed E-state index contributed by atoms with van der Waals surface area (Å²) in [6, 6.07) is 2.42. The van der Waals surface area contributed by atoms with Gasteiger partial charge in [0.25, 0.3) is 0 Å². The van der Waals surface area contributed by atoms with Gasteiger partial charge in [0.1, 0.15) is 0 Å². The largest absolute Gasteiger partial charge is 0.329 e. The fraction of sp³-hybridized carbons (Fsp3) is 0.667. The summed E-state index contributed by atoms with van der Waals surface area (Å²) in [5.74, 6) is 0. The van der Waals surface area contributed by atoms with Gasteiger partial charge in [0.2, 0.25) is 0 Å². The summed E-state index contributed by atoms with van der Waals surface area (Å²) in [5, 5.41) is 3.48. The van der Waals surface area contributed by atoms with E-state index in [0.717, 1.165) is 19.4 Å². The van der Waals surface area contributed by atoms with E-state index in [1.165, 1.54) is 11.1 Å². The molecule has 1 heterocycles. The molecule has 20 heavy (non-hydrogen) atoms. The second kappa shape index (κ2) is 8.56. The molecule has 2 atom stereocenters. The third-order valence-electron chi connectivity index (χ3n) is 3.39. The first-order valence-corrected chi connectivity index (χ1v) is 9.54. The van der Waals surface area contributed by atoms with Gasteiger partial charge >= 0.3 is 0 Å². The summed E-state index contributed by atoms with van der Waals surface area (Å²) in [6.07, 6.45) is 6.25. The van der Waals surface area contributed by atoms with Crippen molar-refractivity contribution in [3.8, 4) is 0 Å². The highest BCUT2D eigenvalue weighted by atomic mass is 31.2. The average molecular weight is 298 g/mol. The van der Waals surface area contributed by atoms with E-state index < -0.39 is 7.37 Å². The minimum absolute atomic E-state index is 0.353. The van der Waals surface area contributed by atoms with E-state index in [9.17, 15) is 4.57 Å². The maximum atomic E-state index is 12.0. The summed E-state index contributed by atoms with van der Waals surface area (Å²) in [4.78, 5) is 4.10. The predicted octanol–water partition coefficient (Wildman–Crippen LogP) is 3.25. The van der Waals surface area contributed by atoms with E-state index in [0.29, 0.717) is 18.8 Å². The van der Waals surface area contributed by atoms with Crippen molar-refractivity contribution < 1.29 is 9.09 Å². The molecule has 0 fully saturated rings. The first-order valence-electron chi connectivity index (χ1n) is 7.28. The number of pyridine rings is 1. The third-order valence-corrected chi connectivity index (χ3v) is 5.27. The standard InChI is InChI=1S/C15H27N2O2P/c1-5-19-20(4,18)11-8-14(3)17-10-7-15-6-9-16-12-13(15)2/h6,9,12,14,17H,5,7-8,10-11H2,1-4H3/t14-,20-/m1/s1. The monoisotopic (exact) mass is 298 g/mol. The second-order valence-electron chi connectivity index (χ2n) is 5.35. The first kappa shape index (κ1) is 17.4. The lowest BCUT2D eigenvalue weighted by Gasteiger charge is -2.17. The Bertz CT molecular complexity index is 451. The third kappa shape index (κ3) is 6.65. The molecule has 5 heteroatoms. The number of hydrogen-bond acceptors (Lipinski definition) is 4. The van der Waals surface area contributed by atoms with Gasteiger partial charge in [-0.1, -0.05) is 0 Å². The van der Waals surface area contributed by atoms with Crippen LogP contribution >= 0.6 is 7.37 Å². The van der Waals surface area contributed by atoms with E-state index in [-0.39, 0.29) is 0 Å². The van der Waals surface area contributed by atoms with Crippen molar-refractivity contribution in [1.29, 1.82) is 0 Å². The Labute approximate surface area is 122 Å². The minimum atomic E-state index is -2.39. The Hall–Kier alpha value is -0.700. The van der Waals surface area contributed by atoms with Crippen molar-refractivity contribution >= 4 is 7.37 Å². The van der Waals surface area contributed by atoms with Gasteiger partial charge in [-0.2, -0.15) is 0 Å². The Morgan fingerprint density at radius 1 is 1.50 bits per heavy atom. The number of nitrogens with zero attached hydrogens (tertiary/aromatic N) is 1. The van der Waals surface area contributed by atoms with Crippen LogP contribution in [0.4, 0.5) is 0 Å². The van der Waals surface area contributed by atoms with Crippen molar-refractivity contribution in [2.75, 3.05) is 26.0 Å². The lowest BCUT2D eigenvalue weighted by molar-refractivity contribution is 0.335. The van der Waals surface area contributed by atoms with E-state index in [1.54, 1.807) is 6.66 Å². The van der Waals surface area contributed by atoms with E-state index in [1.807, 2.05) is 19.3 Å². The normalized spacial score (nSPS) is 15.8. The molecule has 0 aliphatic rings. The molecule has 114 valence electrons. The maximum Gasteiger partial charge on any atom is 0.200 e. The predicted molar refractivity (Wildman–Crippen MR) is 84.8 cm³/mol. The highest BCUT2D eigenvalue weighted by Crippen LogP contribution is 2.42. The Morgan fingerprint density at radius 2 is 2.25 bits per heavy atom. The lowest BCUT2D eigenvalue weighted by Crippen LogP contribution is -2.29.